The molecular formula is C16H16ClF3N2O2. The number of rotatable bonds is 5. The number of benzene rings is 1. The fourth-order valence-electron chi connectivity index (χ4n) is 2.48. The lowest BCUT2D eigenvalue weighted by molar-refractivity contribution is -0.116. The third-order valence-electron chi connectivity index (χ3n) is 3.59. The molecule has 24 heavy (non-hydrogen) atoms. The van der Waals surface area contributed by atoms with Crippen LogP contribution in [0.4, 0.5) is 13.2 Å². The van der Waals surface area contributed by atoms with E-state index in [1.54, 1.807) is 14.0 Å². The van der Waals surface area contributed by atoms with Crippen LogP contribution in [0.5, 0.6) is 0 Å². The minimum Gasteiger partial charge on any atom is -0.307 e. The molecule has 1 aromatic carbocycles. The molecule has 1 heterocycles. The molecule has 0 aliphatic rings. The van der Waals surface area contributed by atoms with Crippen LogP contribution >= 0.6 is 11.6 Å². The van der Waals surface area contributed by atoms with E-state index in [9.17, 15) is 18.0 Å². The SMILES string of the molecule is CCn1c(-c2c(F)cc(F)cc2F)c(CN(C)OC)cc(Cl)c1=O. The topological polar surface area (TPSA) is 34.5 Å². The van der Waals surface area contributed by atoms with Crippen LogP contribution in [0.1, 0.15) is 12.5 Å². The fraction of sp³-hybridized carbons (Fsp3) is 0.312. The summed E-state index contributed by atoms with van der Waals surface area (Å²) < 4.78 is 42.9. The standard InChI is InChI=1S/C16H16ClF3N2O2/c1-4-22-15(14-12(19)6-10(18)7-13(14)20)9(8-21(2)24-3)5-11(17)16(22)23/h5-7H,4,8H2,1-3H3. The van der Waals surface area contributed by atoms with Crippen LogP contribution in [0.15, 0.2) is 23.0 Å². The van der Waals surface area contributed by atoms with Crippen molar-refractivity contribution in [2.75, 3.05) is 14.2 Å². The Morgan fingerprint density at radius 1 is 1.21 bits per heavy atom. The third kappa shape index (κ3) is 3.48. The summed E-state index contributed by atoms with van der Waals surface area (Å²) in [5.41, 5.74) is -0.686. The molecule has 2 rings (SSSR count). The van der Waals surface area contributed by atoms with Gasteiger partial charge in [0, 0.05) is 25.7 Å². The smallest absolute Gasteiger partial charge is 0.269 e. The molecule has 0 unspecified atom stereocenters. The maximum atomic E-state index is 14.3. The fourth-order valence-corrected chi connectivity index (χ4v) is 2.71. The number of halogens is 4. The van der Waals surface area contributed by atoms with Gasteiger partial charge in [0.15, 0.2) is 0 Å². The number of hydrogen-bond donors (Lipinski definition) is 0. The molecule has 0 N–H and O–H groups in total. The Morgan fingerprint density at radius 3 is 2.29 bits per heavy atom. The molecule has 0 bridgehead atoms. The maximum absolute atomic E-state index is 14.3. The van der Waals surface area contributed by atoms with Crippen molar-refractivity contribution in [3.8, 4) is 11.3 Å². The Hall–Kier alpha value is -1.83. The first-order chi connectivity index (χ1) is 11.3. The van der Waals surface area contributed by atoms with E-state index in [-0.39, 0.29) is 23.8 Å². The molecule has 130 valence electrons. The predicted octanol–water partition coefficient (Wildman–Crippen LogP) is 3.60. The van der Waals surface area contributed by atoms with E-state index in [4.69, 9.17) is 16.4 Å². The molecule has 4 nitrogen and oxygen atoms in total. The van der Waals surface area contributed by atoms with Crippen LogP contribution in [0.25, 0.3) is 11.3 Å². The van der Waals surface area contributed by atoms with Gasteiger partial charge in [0.1, 0.15) is 22.5 Å². The van der Waals surface area contributed by atoms with Crippen LogP contribution in [-0.4, -0.2) is 23.8 Å². The van der Waals surface area contributed by atoms with Crippen molar-refractivity contribution in [3.05, 3.63) is 56.6 Å². The molecule has 0 radical (unpaired) electrons. The van der Waals surface area contributed by atoms with Crippen LogP contribution in [0.2, 0.25) is 5.02 Å². The van der Waals surface area contributed by atoms with Gasteiger partial charge in [0.2, 0.25) is 0 Å². The highest BCUT2D eigenvalue weighted by molar-refractivity contribution is 6.30. The van der Waals surface area contributed by atoms with Crippen molar-refractivity contribution >= 4 is 11.6 Å². The summed E-state index contributed by atoms with van der Waals surface area (Å²) in [6.07, 6.45) is 0. The summed E-state index contributed by atoms with van der Waals surface area (Å²) in [5.74, 6) is -3.24. The average molecular weight is 361 g/mol. The minimum absolute atomic E-state index is 0.00537. The van der Waals surface area contributed by atoms with Crippen molar-refractivity contribution in [1.82, 2.24) is 9.63 Å². The summed E-state index contributed by atoms with van der Waals surface area (Å²) >= 11 is 5.95. The second-order valence-corrected chi connectivity index (χ2v) is 5.54. The van der Waals surface area contributed by atoms with Gasteiger partial charge in [-0.1, -0.05) is 11.6 Å². The second kappa shape index (κ2) is 7.38. The highest BCUT2D eigenvalue weighted by Gasteiger charge is 2.22. The Labute approximate surface area is 142 Å². The summed E-state index contributed by atoms with van der Waals surface area (Å²) in [5, 5.41) is 1.32. The van der Waals surface area contributed by atoms with Crippen molar-refractivity contribution in [2.24, 2.45) is 0 Å². The van der Waals surface area contributed by atoms with Crippen molar-refractivity contribution < 1.29 is 18.0 Å². The Kier molecular flexibility index (Phi) is 5.69. The van der Waals surface area contributed by atoms with Gasteiger partial charge in [0.05, 0.1) is 24.9 Å². The van der Waals surface area contributed by atoms with Crippen LogP contribution in [-0.2, 0) is 17.9 Å². The van der Waals surface area contributed by atoms with Crippen LogP contribution in [0.3, 0.4) is 0 Å². The predicted molar refractivity (Wildman–Crippen MR) is 85.2 cm³/mol. The second-order valence-electron chi connectivity index (χ2n) is 5.13. The summed E-state index contributed by atoms with van der Waals surface area (Å²) in [6, 6.07) is 2.48. The molecule has 0 fully saturated rings. The first kappa shape index (κ1) is 18.5. The van der Waals surface area contributed by atoms with Crippen molar-refractivity contribution in [1.29, 1.82) is 0 Å². The molecule has 0 atom stereocenters. The minimum atomic E-state index is -1.10. The van der Waals surface area contributed by atoms with Crippen LogP contribution in [0, 0.1) is 17.5 Å². The first-order valence-corrected chi connectivity index (χ1v) is 7.50. The van der Waals surface area contributed by atoms with E-state index in [0.29, 0.717) is 17.7 Å². The van der Waals surface area contributed by atoms with Gasteiger partial charge in [0.25, 0.3) is 5.56 Å². The number of hydroxylamine groups is 2. The first-order valence-electron chi connectivity index (χ1n) is 7.12. The van der Waals surface area contributed by atoms with E-state index < -0.39 is 28.6 Å². The summed E-state index contributed by atoms with van der Waals surface area (Å²) in [7, 11) is 3.03. The lowest BCUT2D eigenvalue weighted by Crippen LogP contribution is -2.26. The molecule has 8 heteroatoms. The molecule has 0 spiro atoms. The average Bonchev–Trinajstić information content (AvgIpc) is 2.50. The van der Waals surface area contributed by atoms with Gasteiger partial charge >= 0.3 is 0 Å². The lowest BCUT2D eigenvalue weighted by atomic mass is 10.0. The van der Waals surface area contributed by atoms with E-state index in [1.165, 1.54) is 18.2 Å². The quantitative estimate of drug-likeness (QED) is 0.764. The highest BCUT2D eigenvalue weighted by Crippen LogP contribution is 2.31. The normalized spacial score (nSPS) is 11.3. The van der Waals surface area contributed by atoms with Gasteiger partial charge in [-0.2, -0.15) is 5.06 Å². The van der Waals surface area contributed by atoms with Crippen LogP contribution < -0.4 is 5.56 Å². The van der Waals surface area contributed by atoms with E-state index in [2.05, 4.69) is 0 Å². The van der Waals surface area contributed by atoms with E-state index in [1.807, 2.05) is 0 Å². The van der Waals surface area contributed by atoms with Crippen molar-refractivity contribution in [3.63, 3.8) is 0 Å². The Bertz CT molecular complexity index is 801. The maximum Gasteiger partial charge on any atom is 0.269 e. The Balaban J connectivity index is 2.85. The van der Waals surface area contributed by atoms with Gasteiger partial charge in [-0.3, -0.25) is 4.79 Å². The zero-order valence-corrected chi connectivity index (χ0v) is 14.1. The molecular weight excluding hydrogens is 345 g/mol. The zero-order valence-electron chi connectivity index (χ0n) is 13.4. The van der Waals surface area contributed by atoms with Gasteiger partial charge < -0.3 is 9.40 Å². The third-order valence-corrected chi connectivity index (χ3v) is 3.86. The molecule has 0 saturated heterocycles. The largest absolute Gasteiger partial charge is 0.307 e. The van der Waals surface area contributed by atoms with Crippen molar-refractivity contribution in [2.45, 2.75) is 20.0 Å². The number of aromatic nitrogens is 1. The number of hydrogen-bond acceptors (Lipinski definition) is 3. The molecule has 2 aromatic rings. The lowest BCUT2D eigenvalue weighted by Gasteiger charge is -2.21. The molecule has 0 aliphatic carbocycles. The molecule has 0 amide bonds. The monoisotopic (exact) mass is 360 g/mol. The van der Waals surface area contributed by atoms with E-state index >= 15 is 0 Å². The zero-order chi connectivity index (χ0) is 18.0. The Morgan fingerprint density at radius 2 is 1.79 bits per heavy atom. The number of nitrogens with zero attached hydrogens (tertiary/aromatic N) is 2. The summed E-state index contributed by atoms with van der Waals surface area (Å²) in [4.78, 5) is 17.3. The van der Waals surface area contributed by atoms with Gasteiger partial charge in [-0.15, -0.1) is 0 Å². The highest BCUT2D eigenvalue weighted by atomic mass is 35.5. The van der Waals surface area contributed by atoms with Gasteiger partial charge in [-0.05, 0) is 18.6 Å². The molecule has 1 aromatic heterocycles. The summed E-state index contributed by atoms with van der Waals surface area (Å²) in [6.45, 7) is 1.89. The molecule has 0 saturated carbocycles. The van der Waals surface area contributed by atoms with E-state index in [0.717, 1.165) is 4.57 Å². The van der Waals surface area contributed by atoms with Gasteiger partial charge in [-0.25, -0.2) is 13.2 Å². The molecule has 0 aliphatic heterocycles. The number of pyridine rings is 1.